The van der Waals surface area contributed by atoms with Crippen LogP contribution in [0.25, 0.3) is 11.0 Å². The molecule has 2 heterocycles. The molecular weight excluding hydrogens is 299 g/mol. The van der Waals surface area contributed by atoms with E-state index in [-0.39, 0.29) is 0 Å². The molecule has 21 heavy (non-hydrogen) atoms. The number of H-pyrrole nitrogens is 1. The summed E-state index contributed by atoms with van der Waals surface area (Å²) in [7, 11) is 1.92. The van der Waals surface area contributed by atoms with Gasteiger partial charge in [-0.15, -0.1) is 0 Å². The van der Waals surface area contributed by atoms with Gasteiger partial charge in [-0.25, -0.2) is 0 Å². The van der Waals surface area contributed by atoms with E-state index >= 15 is 0 Å². The summed E-state index contributed by atoms with van der Waals surface area (Å²) in [5.74, 6) is 0. The Kier molecular flexibility index (Phi) is 2.92. The van der Waals surface area contributed by atoms with Crippen LogP contribution in [0.4, 0.5) is 11.4 Å². The lowest BCUT2D eigenvalue weighted by molar-refractivity contribution is 1.06. The van der Waals surface area contributed by atoms with Crippen LogP contribution in [0.2, 0.25) is 0 Å². The minimum absolute atomic E-state index is 0.642. The molecule has 101 valence electrons. The van der Waals surface area contributed by atoms with E-state index in [2.05, 4.69) is 10.3 Å². The van der Waals surface area contributed by atoms with Gasteiger partial charge in [-0.05, 0) is 30.4 Å². The fourth-order valence-corrected chi connectivity index (χ4v) is 3.00. The third kappa shape index (κ3) is 2.01. The van der Waals surface area contributed by atoms with Crippen LogP contribution in [-0.2, 0) is 0 Å². The third-order valence-corrected chi connectivity index (χ3v) is 4.08. The zero-order valence-electron chi connectivity index (χ0n) is 10.9. The molecule has 4 rings (SSSR count). The van der Waals surface area contributed by atoms with Crippen molar-refractivity contribution < 1.29 is 0 Å². The largest absolute Gasteiger partial charge is 0.481 e. The van der Waals surface area contributed by atoms with E-state index in [1.165, 1.54) is 0 Å². The number of para-hydroxylation sites is 4. The van der Waals surface area contributed by atoms with Gasteiger partial charge in [0, 0.05) is 23.8 Å². The maximum atomic E-state index is 5.41. The molecule has 1 aliphatic rings. The highest BCUT2D eigenvalue weighted by Crippen LogP contribution is 2.31. The monoisotopic (exact) mass is 309 g/mol. The van der Waals surface area contributed by atoms with Gasteiger partial charge in [0.25, 0.3) is 5.11 Å². The van der Waals surface area contributed by atoms with Gasteiger partial charge in [0.1, 0.15) is 10.5 Å². The summed E-state index contributed by atoms with van der Waals surface area (Å²) in [6.07, 6.45) is 0. The number of hydrogen-bond donors (Lipinski definition) is 2. The average molecular weight is 309 g/mol. The molecule has 4 nitrogen and oxygen atoms in total. The van der Waals surface area contributed by atoms with Gasteiger partial charge in [-0.3, -0.25) is 5.32 Å². The molecule has 0 spiro atoms. The fraction of sp³-hybridized carbons (Fsp3) is 0. The Bertz CT molecular complexity index is 914. The van der Waals surface area contributed by atoms with Gasteiger partial charge >= 0.3 is 0 Å². The maximum absolute atomic E-state index is 5.41. The fourth-order valence-electron chi connectivity index (χ4n) is 2.49. The van der Waals surface area contributed by atoms with Crippen LogP contribution in [0.1, 0.15) is 0 Å². The van der Waals surface area contributed by atoms with Gasteiger partial charge in [0.15, 0.2) is 13.2 Å². The van der Waals surface area contributed by atoms with E-state index in [1.807, 2.05) is 65.4 Å². The lowest BCUT2D eigenvalue weighted by Gasteiger charge is -2.19. The van der Waals surface area contributed by atoms with Crippen LogP contribution >= 0.6 is 24.4 Å². The second kappa shape index (κ2) is 4.80. The highest BCUT2D eigenvalue weighted by molar-refractivity contribution is 7.80. The van der Waals surface area contributed by atoms with Crippen LogP contribution in [0.15, 0.2) is 48.5 Å². The molecule has 2 N–H and O–H groups in total. The topological polar surface area (TPSA) is 38.6 Å². The molecule has 0 saturated heterocycles. The van der Waals surface area contributed by atoms with Crippen molar-refractivity contribution in [2.75, 3.05) is 5.32 Å². The molecule has 1 aliphatic heterocycles. The first-order valence-corrected chi connectivity index (χ1v) is 7.29. The van der Waals surface area contributed by atoms with Crippen LogP contribution in [0.3, 0.4) is 0 Å². The Labute approximate surface area is 132 Å². The number of rotatable bonds is 2. The minimum Gasteiger partial charge on any atom is -0.481 e. The average Bonchev–Trinajstić information content (AvgIpc) is 2.97. The van der Waals surface area contributed by atoms with Gasteiger partial charge in [0.05, 0.1) is 5.52 Å². The first kappa shape index (κ1) is 12.8. The molecule has 0 bridgehead atoms. The van der Waals surface area contributed by atoms with Gasteiger partial charge in [-0.1, -0.05) is 24.3 Å². The van der Waals surface area contributed by atoms with E-state index in [9.17, 15) is 0 Å². The van der Waals surface area contributed by atoms with Crippen molar-refractivity contribution in [2.45, 2.75) is 0 Å². The van der Waals surface area contributed by atoms with Crippen LogP contribution in [-0.4, -0.2) is 22.1 Å². The number of aromatic amines is 1. The Hall–Kier alpha value is -1.96. The summed E-state index contributed by atoms with van der Waals surface area (Å²) < 4.78 is 2.57. The van der Waals surface area contributed by atoms with E-state index < -0.39 is 0 Å². The molecule has 0 atom stereocenters. The molecule has 3 aromatic rings. The maximum Gasteiger partial charge on any atom is 0.273 e. The van der Waals surface area contributed by atoms with E-state index in [0.717, 1.165) is 22.4 Å². The SMILES string of the molecule is S=C1Nc2ccccc2[N+]1[B-]n1c(=S)[nH]c2ccccc21. The zero-order valence-corrected chi connectivity index (χ0v) is 12.5. The summed E-state index contributed by atoms with van der Waals surface area (Å²) in [4.78, 5) is 5.13. The van der Waals surface area contributed by atoms with Crippen molar-refractivity contribution in [1.82, 2.24) is 14.3 Å². The smallest absolute Gasteiger partial charge is 0.273 e. The first-order valence-electron chi connectivity index (χ1n) is 6.47. The number of thiocarbonyl (C=S) groups is 1. The molecule has 0 amide bonds. The van der Waals surface area contributed by atoms with Crippen molar-refractivity contribution in [3.8, 4) is 0 Å². The number of nitrogens with one attached hydrogen (secondary N) is 2. The van der Waals surface area contributed by atoms with Crippen LogP contribution < -0.4 is 10.1 Å². The third-order valence-electron chi connectivity index (χ3n) is 3.48. The molecule has 3 radical (unpaired) electrons. The number of hydrogen-bond acceptors (Lipinski definition) is 2. The minimum atomic E-state index is 0.642. The molecule has 0 aliphatic carbocycles. The highest BCUT2D eigenvalue weighted by Gasteiger charge is 2.27. The van der Waals surface area contributed by atoms with Gasteiger partial charge in [0.2, 0.25) is 0 Å². The van der Waals surface area contributed by atoms with Crippen molar-refractivity contribution in [3.05, 3.63) is 53.3 Å². The molecule has 7 heteroatoms. The second-order valence-electron chi connectivity index (χ2n) is 4.75. The molecular formula is C14H10BN4S2. The van der Waals surface area contributed by atoms with Crippen molar-refractivity contribution >= 4 is 59.5 Å². The Morgan fingerprint density at radius 1 is 1.00 bits per heavy atom. The predicted molar refractivity (Wildman–Crippen MR) is 92.7 cm³/mol. The summed E-state index contributed by atoms with van der Waals surface area (Å²) in [5, 5.41) is 3.84. The lowest BCUT2D eigenvalue weighted by atomic mass is 10.1. The van der Waals surface area contributed by atoms with Crippen LogP contribution in [0, 0.1) is 4.77 Å². The van der Waals surface area contributed by atoms with Crippen molar-refractivity contribution in [3.63, 3.8) is 0 Å². The molecule has 1 aromatic heterocycles. The second-order valence-corrected chi connectivity index (χ2v) is 5.52. The van der Waals surface area contributed by atoms with Crippen molar-refractivity contribution in [2.24, 2.45) is 0 Å². The Morgan fingerprint density at radius 3 is 2.67 bits per heavy atom. The number of benzene rings is 2. The van der Waals surface area contributed by atoms with E-state index in [0.29, 0.717) is 9.88 Å². The number of nitrogens with zero attached hydrogens (tertiary/aromatic N) is 2. The number of aromatic nitrogens is 2. The molecule has 0 unspecified atom stereocenters. The zero-order chi connectivity index (χ0) is 14.4. The van der Waals surface area contributed by atoms with Gasteiger partial charge < -0.3 is 14.3 Å². The Balaban J connectivity index is 1.81. The normalized spacial score (nSPS) is 14.4. The highest BCUT2D eigenvalue weighted by atomic mass is 32.1. The van der Waals surface area contributed by atoms with Crippen LogP contribution in [0.5, 0.6) is 0 Å². The summed E-state index contributed by atoms with van der Waals surface area (Å²) in [5.41, 5.74) is 4.06. The quantitative estimate of drug-likeness (QED) is 0.564. The summed E-state index contributed by atoms with van der Waals surface area (Å²) in [6, 6.07) is 16.0. The van der Waals surface area contributed by atoms with Crippen molar-refractivity contribution in [1.29, 1.82) is 0 Å². The van der Waals surface area contributed by atoms with E-state index in [4.69, 9.17) is 24.4 Å². The lowest BCUT2D eigenvalue weighted by Crippen LogP contribution is -2.37. The number of imidazole rings is 1. The summed E-state index contributed by atoms with van der Waals surface area (Å²) >= 11 is 10.8. The number of anilines is 2. The number of fused-ring (bicyclic) bond motifs is 2. The molecule has 0 saturated carbocycles. The first-order chi connectivity index (χ1) is 10.2. The van der Waals surface area contributed by atoms with Gasteiger partial charge in [-0.2, -0.15) is 0 Å². The summed E-state index contributed by atoms with van der Waals surface area (Å²) in [6.45, 7) is 0. The molecule has 2 aromatic carbocycles. The predicted octanol–water partition coefficient (Wildman–Crippen LogP) is 3.26. The standard InChI is InChI=1S/C14H10BN4S2/c20-13-16-9-5-1-3-7-11(9)18(13)15-19-12-8-4-2-6-10(12)17-14(19)21/h1-8H,(H,16,20)(H,17,21). The van der Waals surface area contributed by atoms with E-state index in [1.54, 1.807) is 0 Å². The molecule has 0 fully saturated rings. The Morgan fingerprint density at radius 2 is 1.76 bits per heavy atom.